The van der Waals surface area contributed by atoms with Crippen LogP contribution in [0.1, 0.15) is 16.1 Å². The van der Waals surface area contributed by atoms with Crippen molar-refractivity contribution in [3.63, 3.8) is 0 Å². The Morgan fingerprint density at radius 2 is 2.03 bits per heavy atom. The molecule has 3 aromatic rings. The first kappa shape index (κ1) is 21.2. The highest BCUT2D eigenvalue weighted by atomic mass is 35.5. The Kier molecular flexibility index (Phi) is 6.45. The summed E-state index contributed by atoms with van der Waals surface area (Å²) in [6.45, 7) is 2.17. The summed E-state index contributed by atoms with van der Waals surface area (Å²) in [6.07, 6.45) is 0. The van der Waals surface area contributed by atoms with Crippen molar-refractivity contribution in [2.24, 2.45) is 0 Å². The molecule has 0 spiro atoms. The van der Waals surface area contributed by atoms with Crippen molar-refractivity contribution < 1.29 is 19.2 Å². The molecule has 1 fully saturated rings. The number of thiazole rings is 1. The Bertz CT molecular complexity index is 1110. The molecular weight excluding hydrogens is 442 g/mol. The van der Waals surface area contributed by atoms with Gasteiger partial charge in [-0.1, -0.05) is 29.8 Å². The van der Waals surface area contributed by atoms with Gasteiger partial charge in [0, 0.05) is 36.2 Å². The van der Waals surface area contributed by atoms with Crippen LogP contribution in [-0.2, 0) is 16.1 Å². The van der Waals surface area contributed by atoms with Gasteiger partial charge in [-0.3, -0.25) is 10.1 Å². The molecular formula is C21H18ClN3O5S. The molecule has 2 aromatic carbocycles. The van der Waals surface area contributed by atoms with Gasteiger partial charge in [0.1, 0.15) is 11.6 Å². The summed E-state index contributed by atoms with van der Waals surface area (Å²) in [5, 5.41) is 14.3. The molecule has 0 saturated carbocycles. The average Bonchev–Trinajstić information content (AvgIpc) is 3.26. The van der Waals surface area contributed by atoms with Gasteiger partial charge in [-0.05, 0) is 12.1 Å². The quantitative estimate of drug-likeness (QED) is 0.303. The SMILES string of the molecule is O=C(OCc1csc(-c2ccccc2Cl)n1)c1cc([N+](=O)[O-])ccc1N1CCOCC1. The Morgan fingerprint density at radius 3 is 2.77 bits per heavy atom. The number of anilines is 1. The number of ether oxygens (including phenoxy) is 2. The number of non-ortho nitro benzene ring substituents is 1. The highest BCUT2D eigenvalue weighted by Gasteiger charge is 2.23. The van der Waals surface area contributed by atoms with Gasteiger partial charge in [-0.25, -0.2) is 9.78 Å². The number of nitro benzene ring substituents is 1. The predicted octanol–water partition coefficient (Wildman–Crippen LogP) is 4.57. The van der Waals surface area contributed by atoms with Crippen molar-refractivity contribution in [1.29, 1.82) is 0 Å². The van der Waals surface area contributed by atoms with Crippen LogP contribution < -0.4 is 4.90 Å². The summed E-state index contributed by atoms with van der Waals surface area (Å²) >= 11 is 7.62. The highest BCUT2D eigenvalue weighted by molar-refractivity contribution is 7.13. The van der Waals surface area contributed by atoms with E-state index in [1.54, 1.807) is 17.5 Å². The maximum absolute atomic E-state index is 12.8. The van der Waals surface area contributed by atoms with Crippen molar-refractivity contribution in [3.05, 3.63) is 74.2 Å². The number of halogens is 1. The zero-order valence-electron chi connectivity index (χ0n) is 16.3. The first-order chi connectivity index (χ1) is 15.0. The Hall–Kier alpha value is -3.01. The third-order valence-electron chi connectivity index (χ3n) is 4.77. The monoisotopic (exact) mass is 459 g/mol. The van der Waals surface area contributed by atoms with Gasteiger partial charge < -0.3 is 14.4 Å². The van der Waals surface area contributed by atoms with E-state index < -0.39 is 10.9 Å². The minimum Gasteiger partial charge on any atom is -0.455 e. The molecule has 1 aliphatic rings. The minimum atomic E-state index is -0.641. The second-order valence-corrected chi connectivity index (χ2v) is 8.02. The van der Waals surface area contributed by atoms with Gasteiger partial charge in [0.2, 0.25) is 0 Å². The zero-order valence-corrected chi connectivity index (χ0v) is 17.9. The van der Waals surface area contributed by atoms with Crippen molar-refractivity contribution in [3.8, 4) is 10.6 Å². The second-order valence-electron chi connectivity index (χ2n) is 6.76. The number of rotatable bonds is 6. The lowest BCUT2D eigenvalue weighted by Crippen LogP contribution is -2.37. The van der Waals surface area contributed by atoms with E-state index in [4.69, 9.17) is 21.1 Å². The van der Waals surface area contributed by atoms with Crippen molar-refractivity contribution in [2.75, 3.05) is 31.2 Å². The number of hydrogen-bond acceptors (Lipinski definition) is 8. The largest absolute Gasteiger partial charge is 0.455 e. The lowest BCUT2D eigenvalue weighted by molar-refractivity contribution is -0.384. The topological polar surface area (TPSA) is 94.8 Å². The molecule has 8 nitrogen and oxygen atoms in total. The number of carbonyl (C=O) groups excluding carboxylic acids is 1. The smallest absolute Gasteiger partial charge is 0.340 e. The summed E-state index contributed by atoms with van der Waals surface area (Å²) in [5.74, 6) is -0.641. The maximum atomic E-state index is 12.8. The van der Waals surface area contributed by atoms with Crippen LogP contribution in [0, 0.1) is 10.1 Å². The van der Waals surface area contributed by atoms with Gasteiger partial charge in [0.25, 0.3) is 5.69 Å². The second kappa shape index (κ2) is 9.42. The number of esters is 1. The summed E-state index contributed by atoms with van der Waals surface area (Å²) in [7, 11) is 0. The number of nitro groups is 1. The number of aromatic nitrogens is 1. The first-order valence-electron chi connectivity index (χ1n) is 9.50. The van der Waals surface area contributed by atoms with Gasteiger partial charge in [-0.15, -0.1) is 11.3 Å². The molecule has 0 bridgehead atoms. The van der Waals surface area contributed by atoms with Crippen LogP contribution >= 0.6 is 22.9 Å². The molecule has 10 heteroatoms. The predicted molar refractivity (Wildman–Crippen MR) is 118 cm³/mol. The Labute approximate surface area is 187 Å². The van der Waals surface area contributed by atoms with Gasteiger partial charge >= 0.3 is 5.97 Å². The van der Waals surface area contributed by atoms with Gasteiger partial charge in [-0.2, -0.15) is 0 Å². The molecule has 1 saturated heterocycles. The molecule has 1 aromatic heterocycles. The molecule has 160 valence electrons. The lowest BCUT2D eigenvalue weighted by atomic mass is 10.1. The van der Waals surface area contributed by atoms with Crippen molar-refractivity contribution in [2.45, 2.75) is 6.61 Å². The highest BCUT2D eigenvalue weighted by Crippen LogP contribution is 2.31. The van der Waals surface area contributed by atoms with E-state index in [0.29, 0.717) is 42.7 Å². The Balaban J connectivity index is 1.52. The average molecular weight is 460 g/mol. The molecule has 0 atom stereocenters. The lowest BCUT2D eigenvalue weighted by Gasteiger charge is -2.30. The maximum Gasteiger partial charge on any atom is 0.340 e. The van der Waals surface area contributed by atoms with E-state index in [2.05, 4.69) is 4.98 Å². The molecule has 0 unspecified atom stereocenters. The summed E-state index contributed by atoms with van der Waals surface area (Å²) < 4.78 is 10.8. The third-order valence-corrected chi connectivity index (χ3v) is 6.02. The molecule has 0 radical (unpaired) electrons. The molecule has 4 rings (SSSR count). The van der Waals surface area contributed by atoms with Gasteiger partial charge in [0.05, 0.1) is 40.1 Å². The van der Waals surface area contributed by atoms with Crippen LogP contribution in [0.5, 0.6) is 0 Å². The normalized spacial score (nSPS) is 13.8. The van der Waals surface area contributed by atoms with Crippen LogP contribution in [0.4, 0.5) is 11.4 Å². The number of morpholine rings is 1. The number of nitrogens with zero attached hydrogens (tertiary/aromatic N) is 3. The van der Waals surface area contributed by atoms with Crippen LogP contribution in [0.15, 0.2) is 47.8 Å². The standard InChI is InChI=1S/C21H18ClN3O5S/c22-18-4-2-1-3-16(18)20-23-14(13-31-20)12-30-21(26)17-11-15(25(27)28)5-6-19(17)24-7-9-29-10-8-24/h1-6,11,13H,7-10,12H2. The van der Waals surface area contributed by atoms with Gasteiger partial charge in [0.15, 0.2) is 0 Å². The number of carbonyl (C=O) groups is 1. The number of benzene rings is 2. The number of hydrogen-bond donors (Lipinski definition) is 0. The van der Waals surface area contributed by atoms with E-state index in [9.17, 15) is 14.9 Å². The molecule has 1 aliphatic heterocycles. The third kappa shape index (κ3) is 4.84. The molecule has 0 amide bonds. The van der Waals surface area contributed by atoms with Crippen LogP contribution in [0.3, 0.4) is 0 Å². The zero-order chi connectivity index (χ0) is 21.8. The van der Waals surface area contributed by atoms with Crippen LogP contribution in [0.25, 0.3) is 10.6 Å². The van der Waals surface area contributed by atoms with E-state index in [0.717, 1.165) is 10.6 Å². The fourth-order valence-electron chi connectivity index (χ4n) is 3.23. The van der Waals surface area contributed by atoms with Crippen LogP contribution in [-0.4, -0.2) is 42.2 Å². The minimum absolute atomic E-state index is 0.0506. The van der Waals surface area contributed by atoms with E-state index >= 15 is 0 Å². The fourth-order valence-corrected chi connectivity index (χ4v) is 4.35. The van der Waals surface area contributed by atoms with Crippen LogP contribution in [0.2, 0.25) is 5.02 Å². The molecule has 31 heavy (non-hydrogen) atoms. The fraction of sp³-hybridized carbons (Fsp3) is 0.238. The van der Waals surface area contributed by atoms with Crippen molar-refractivity contribution >= 4 is 40.3 Å². The van der Waals surface area contributed by atoms with E-state index in [-0.39, 0.29) is 17.9 Å². The van der Waals surface area contributed by atoms with Crippen molar-refractivity contribution in [1.82, 2.24) is 4.98 Å². The Morgan fingerprint density at radius 1 is 1.26 bits per heavy atom. The van der Waals surface area contributed by atoms with E-state index in [1.807, 2.05) is 23.1 Å². The molecule has 0 N–H and O–H groups in total. The molecule has 2 heterocycles. The summed E-state index contributed by atoms with van der Waals surface area (Å²) in [6, 6.07) is 11.6. The summed E-state index contributed by atoms with van der Waals surface area (Å²) in [4.78, 5) is 30.0. The first-order valence-corrected chi connectivity index (χ1v) is 10.8. The molecule has 0 aliphatic carbocycles. The van der Waals surface area contributed by atoms with E-state index in [1.165, 1.54) is 23.5 Å². The summed E-state index contributed by atoms with van der Waals surface area (Å²) in [5.41, 5.74) is 1.96.